The molecule has 3 nitrogen and oxygen atoms in total. The van der Waals surface area contributed by atoms with Crippen LogP contribution in [0.3, 0.4) is 0 Å². The average molecular weight is 255 g/mol. The Hall–Kier alpha value is -2.13. The summed E-state index contributed by atoms with van der Waals surface area (Å²) in [5.74, 6) is -0.123. The van der Waals surface area contributed by atoms with E-state index in [9.17, 15) is 9.90 Å². The van der Waals surface area contributed by atoms with Crippen molar-refractivity contribution in [2.24, 2.45) is 0 Å². The lowest BCUT2D eigenvalue weighted by Crippen LogP contribution is -2.08. The molecule has 19 heavy (non-hydrogen) atoms. The van der Waals surface area contributed by atoms with E-state index in [0.29, 0.717) is 0 Å². The van der Waals surface area contributed by atoms with E-state index in [-0.39, 0.29) is 18.4 Å². The summed E-state index contributed by atoms with van der Waals surface area (Å²) >= 11 is 0. The molecular weight excluding hydrogens is 238 g/mol. The maximum atomic E-state index is 11.0. The Morgan fingerprint density at radius 1 is 1.05 bits per heavy atom. The van der Waals surface area contributed by atoms with Crippen LogP contribution in [0.5, 0.6) is 0 Å². The van der Waals surface area contributed by atoms with Crippen LogP contribution in [0.1, 0.15) is 24.0 Å². The molecule has 2 aromatic carbocycles. The lowest BCUT2D eigenvalue weighted by molar-refractivity contribution is -0.114. The van der Waals surface area contributed by atoms with Gasteiger partial charge >= 0.3 is 0 Å². The first-order valence-electron chi connectivity index (χ1n) is 6.24. The Morgan fingerprint density at radius 2 is 1.63 bits per heavy atom. The number of nitrogens with one attached hydrogen (secondary N) is 1. The van der Waals surface area contributed by atoms with E-state index >= 15 is 0 Å². The second-order valence-electron chi connectivity index (χ2n) is 4.45. The number of carbonyl (C=O) groups excluding carboxylic acids is 1. The first-order chi connectivity index (χ1) is 9.20. The van der Waals surface area contributed by atoms with Gasteiger partial charge in [-0.25, -0.2) is 0 Å². The number of aliphatic hydroxyl groups is 1. The molecule has 0 aliphatic rings. The van der Waals surface area contributed by atoms with Gasteiger partial charge in [0.1, 0.15) is 0 Å². The summed E-state index contributed by atoms with van der Waals surface area (Å²) in [6, 6.07) is 17.4. The van der Waals surface area contributed by atoms with Crippen LogP contribution in [0.25, 0.3) is 0 Å². The molecule has 2 N–H and O–H groups in total. The van der Waals surface area contributed by atoms with Crippen LogP contribution in [0.15, 0.2) is 54.6 Å². The predicted molar refractivity (Wildman–Crippen MR) is 76.1 cm³/mol. The Labute approximate surface area is 112 Å². The molecule has 0 fully saturated rings. The molecule has 1 atom stereocenters. The zero-order valence-electron chi connectivity index (χ0n) is 10.8. The van der Waals surface area contributed by atoms with Crippen LogP contribution in [-0.2, 0) is 4.79 Å². The summed E-state index contributed by atoms with van der Waals surface area (Å²) < 4.78 is 0. The van der Waals surface area contributed by atoms with E-state index in [1.165, 1.54) is 6.92 Å². The maximum Gasteiger partial charge on any atom is 0.221 e. The Balaban J connectivity index is 2.22. The van der Waals surface area contributed by atoms with E-state index in [1.54, 1.807) is 0 Å². The van der Waals surface area contributed by atoms with Gasteiger partial charge in [-0.2, -0.15) is 0 Å². The van der Waals surface area contributed by atoms with Crippen molar-refractivity contribution in [1.82, 2.24) is 0 Å². The summed E-state index contributed by atoms with van der Waals surface area (Å²) in [7, 11) is 0. The second kappa shape index (κ2) is 6.16. The molecule has 1 amide bonds. The van der Waals surface area contributed by atoms with Gasteiger partial charge in [0.25, 0.3) is 0 Å². The number of carbonyl (C=O) groups is 1. The highest BCUT2D eigenvalue weighted by molar-refractivity contribution is 5.88. The van der Waals surface area contributed by atoms with E-state index in [1.807, 2.05) is 54.6 Å². The SMILES string of the molecule is CC(=O)Nc1ccc([C@@H](CO)c2ccccc2)cc1. The molecule has 0 unspecified atom stereocenters. The van der Waals surface area contributed by atoms with Crippen molar-refractivity contribution in [3.63, 3.8) is 0 Å². The summed E-state index contributed by atoms with van der Waals surface area (Å²) in [6.45, 7) is 1.54. The number of aliphatic hydroxyl groups excluding tert-OH is 1. The zero-order chi connectivity index (χ0) is 13.7. The topological polar surface area (TPSA) is 49.3 Å². The van der Waals surface area contributed by atoms with Gasteiger partial charge < -0.3 is 10.4 Å². The first-order valence-corrected chi connectivity index (χ1v) is 6.24. The molecule has 0 radical (unpaired) electrons. The van der Waals surface area contributed by atoms with Crippen molar-refractivity contribution in [1.29, 1.82) is 0 Å². The molecule has 0 aliphatic carbocycles. The highest BCUT2D eigenvalue weighted by Crippen LogP contribution is 2.25. The summed E-state index contributed by atoms with van der Waals surface area (Å²) in [5, 5.41) is 12.3. The lowest BCUT2D eigenvalue weighted by Gasteiger charge is -2.15. The first kappa shape index (κ1) is 13.3. The molecule has 0 spiro atoms. The number of hydrogen-bond acceptors (Lipinski definition) is 2. The molecule has 0 saturated heterocycles. The van der Waals surface area contributed by atoms with Crippen molar-refractivity contribution in [2.45, 2.75) is 12.8 Å². The number of anilines is 1. The fourth-order valence-electron chi connectivity index (χ4n) is 2.09. The van der Waals surface area contributed by atoms with Crippen molar-refractivity contribution in [3.05, 3.63) is 65.7 Å². The molecule has 2 aromatic rings. The minimum absolute atomic E-state index is 0.0346. The van der Waals surface area contributed by atoms with Crippen molar-refractivity contribution in [2.75, 3.05) is 11.9 Å². The fraction of sp³-hybridized carbons (Fsp3) is 0.188. The van der Waals surface area contributed by atoms with Gasteiger partial charge in [-0.1, -0.05) is 42.5 Å². The molecule has 0 aromatic heterocycles. The van der Waals surface area contributed by atoms with Gasteiger partial charge in [0.15, 0.2) is 0 Å². The lowest BCUT2D eigenvalue weighted by atomic mass is 9.92. The van der Waals surface area contributed by atoms with Gasteiger partial charge in [-0.05, 0) is 23.3 Å². The summed E-state index contributed by atoms with van der Waals surface area (Å²) in [6.07, 6.45) is 0. The van der Waals surface area contributed by atoms with E-state index in [2.05, 4.69) is 5.32 Å². The monoisotopic (exact) mass is 255 g/mol. The third kappa shape index (κ3) is 3.42. The van der Waals surface area contributed by atoms with Gasteiger partial charge in [0, 0.05) is 18.5 Å². The molecule has 0 aliphatic heterocycles. The molecule has 98 valence electrons. The van der Waals surface area contributed by atoms with Gasteiger partial charge in [0.2, 0.25) is 5.91 Å². The van der Waals surface area contributed by atoms with Crippen molar-refractivity contribution < 1.29 is 9.90 Å². The van der Waals surface area contributed by atoms with E-state index in [4.69, 9.17) is 0 Å². The van der Waals surface area contributed by atoms with Gasteiger partial charge in [-0.15, -0.1) is 0 Å². The smallest absolute Gasteiger partial charge is 0.221 e. The average Bonchev–Trinajstić information content (AvgIpc) is 2.42. The van der Waals surface area contributed by atoms with Crippen LogP contribution < -0.4 is 5.32 Å². The Morgan fingerprint density at radius 3 is 2.16 bits per heavy atom. The third-order valence-electron chi connectivity index (χ3n) is 3.02. The van der Waals surface area contributed by atoms with Crippen LogP contribution in [0.4, 0.5) is 5.69 Å². The van der Waals surface area contributed by atoms with Crippen molar-refractivity contribution in [3.8, 4) is 0 Å². The molecule has 2 rings (SSSR count). The highest BCUT2D eigenvalue weighted by atomic mass is 16.3. The van der Waals surface area contributed by atoms with Crippen LogP contribution >= 0.6 is 0 Å². The maximum absolute atomic E-state index is 11.0. The molecule has 3 heteroatoms. The number of amides is 1. The van der Waals surface area contributed by atoms with Gasteiger partial charge in [-0.3, -0.25) is 4.79 Å². The van der Waals surface area contributed by atoms with Crippen LogP contribution in [0, 0.1) is 0 Å². The predicted octanol–water partition coefficient (Wildman–Crippen LogP) is 2.77. The summed E-state index contributed by atoms with van der Waals surface area (Å²) in [5.41, 5.74) is 2.88. The van der Waals surface area contributed by atoms with Crippen LogP contribution in [-0.4, -0.2) is 17.6 Å². The normalized spacial score (nSPS) is 11.9. The number of hydrogen-bond donors (Lipinski definition) is 2. The number of benzene rings is 2. The van der Waals surface area contributed by atoms with E-state index in [0.717, 1.165) is 16.8 Å². The minimum atomic E-state index is -0.0884. The van der Waals surface area contributed by atoms with Gasteiger partial charge in [0.05, 0.1) is 6.61 Å². The number of rotatable bonds is 4. The molecule has 0 heterocycles. The minimum Gasteiger partial charge on any atom is -0.395 e. The van der Waals surface area contributed by atoms with Crippen LogP contribution in [0.2, 0.25) is 0 Å². The quantitative estimate of drug-likeness (QED) is 0.882. The fourth-order valence-corrected chi connectivity index (χ4v) is 2.09. The standard InChI is InChI=1S/C16H17NO2/c1-12(19)17-15-9-7-14(8-10-15)16(11-18)13-5-3-2-4-6-13/h2-10,16,18H,11H2,1H3,(H,17,19)/t16-/m0/s1. The molecule has 0 saturated carbocycles. The Bertz CT molecular complexity index is 534. The Kier molecular flexibility index (Phi) is 4.31. The summed E-state index contributed by atoms with van der Waals surface area (Å²) in [4.78, 5) is 11.0. The molecule has 0 bridgehead atoms. The molecular formula is C16H17NO2. The highest BCUT2D eigenvalue weighted by Gasteiger charge is 2.12. The largest absolute Gasteiger partial charge is 0.395 e. The second-order valence-corrected chi connectivity index (χ2v) is 4.45. The zero-order valence-corrected chi connectivity index (χ0v) is 10.8. The van der Waals surface area contributed by atoms with Crippen molar-refractivity contribution >= 4 is 11.6 Å². The third-order valence-corrected chi connectivity index (χ3v) is 3.02. The van der Waals surface area contributed by atoms with E-state index < -0.39 is 0 Å².